The number of rotatable bonds is 12. The van der Waals surface area contributed by atoms with Crippen molar-refractivity contribution < 1.29 is 26.4 Å². The van der Waals surface area contributed by atoms with Crippen LogP contribution < -0.4 is 0 Å². The molecule has 0 N–H and O–H groups in total. The lowest BCUT2D eigenvalue weighted by molar-refractivity contribution is 0.198. The van der Waals surface area contributed by atoms with Crippen molar-refractivity contribution in [1.29, 1.82) is 0 Å². The van der Waals surface area contributed by atoms with Crippen LogP contribution in [-0.4, -0.2) is 106 Å². The molecule has 0 bridgehead atoms. The Hall–Kier alpha value is -2.88. The molecule has 0 aliphatic heterocycles. The highest BCUT2D eigenvalue weighted by atomic mass is 32.2. The fourth-order valence-electron chi connectivity index (χ4n) is 3.29. The number of carbonyl (C=O) groups is 2. The van der Waals surface area contributed by atoms with Gasteiger partial charge in [-0.1, -0.05) is 27.7 Å². The summed E-state index contributed by atoms with van der Waals surface area (Å²) in [5, 5.41) is 6.99. The molecule has 2 amide bonds. The summed E-state index contributed by atoms with van der Waals surface area (Å²) < 4.78 is 49.1. The molecule has 0 saturated carbocycles. The number of carbonyl (C=O) groups excluding carboxylic acids is 2. The van der Waals surface area contributed by atoms with Gasteiger partial charge in [-0.05, 0) is 39.5 Å². The van der Waals surface area contributed by atoms with Gasteiger partial charge in [0.15, 0.2) is 0 Å². The Balaban J connectivity index is 0.000000380. The molecule has 16 heteroatoms. The van der Waals surface area contributed by atoms with Crippen molar-refractivity contribution in [3.05, 3.63) is 12.7 Å². The molecule has 2 aromatic heterocycles. The molecule has 0 aromatic carbocycles. The molecule has 0 unspecified atom stereocenters. The number of amides is 2. The number of aromatic nitrogens is 6. The van der Waals surface area contributed by atoms with Gasteiger partial charge in [-0.15, -0.1) is 10.2 Å². The van der Waals surface area contributed by atoms with E-state index in [0.717, 1.165) is 34.9 Å². The third-order valence-electron chi connectivity index (χ3n) is 5.13. The molecule has 0 saturated heterocycles. The van der Waals surface area contributed by atoms with Crippen LogP contribution in [0.2, 0.25) is 0 Å². The molecule has 2 heterocycles. The van der Waals surface area contributed by atoms with Crippen molar-refractivity contribution in [3.63, 3.8) is 0 Å². The third kappa shape index (κ3) is 9.15. The molecule has 0 aliphatic rings. The van der Waals surface area contributed by atoms with Gasteiger partial charge >= 0.3 is 12.1 Å². The van der Waals surface area contributed by atoms with Crippen LogP contribution >= 0.6 is 0 Å². The zero-order valence-electron chi connectivity index (χ0n) is 23.1. The second kappa shape index (κ2) is 15.5. The van der Waals surface area contributed by atoms with Crippen LogP contribution in [0.25, 0.3) is 0 Å². The molecule has 38 heavy (non-hydrogen) atoms. The number of nitrogens with zero attached hydrogens (tertiary/aromatic N) is 8. The monoisotopic (exact) mass is 576 g/mol. The molecule has 2 rings (SSSR count). The zero-order valence-corrected chi connectivity index (χ0v) is 24.7. The van der Waals surface area contributed by atoms with Crippen molar-refractivity contribution in [2.75, 3.05) is 37.7 Å². The molecular formula is C22H40N8O6S2. The van der Waals surface area contributed by atoms with Crippen molar-refractivity contribution in [2.24, 2.45) is 0 Å². The first kappa shape index (κ1) is 33.1. The van der Waals surface area contributed by atoms with E-state index in [4.69, 9.17) is 0 Å². The summed E-state index contributed by atoms with van der Waals surface area (Å²) in [6.07, 6.45) is 4.94. The third-order valence-corrected chi connectivity index (χ3v) is 8.51. The predicted molar refractivity (Wildman–Crippen MR) is 141 cm³/mol. The maximum Gasteiger partial charge on any atom is 0.346 e. The van der Waals surface area contributed by atoms with Crippen LogP contribution in [0.15, 0.2) is 23.0 Å². The second-order valence-corrected chi connectivity index (χ2v) is 12.3. The standard InChI is InChI=1S/2C11H20N4O3S/c2*1-4-7-14(6-3)11(16)15-9-12-10(13-15)19(17,18)8-5-2/h2*9H,4-8H2,1-3H3. The number of hydrogen-bond acceptors (Lipinski definition) is 10. The van der Waals surface area contributed by atoms with E-state index in [-0.39, 0.29) is 33.9 Å². The maximum absolute atomic E-state index is 12.1. The minimum Gasteiger partial charge on any atom is -0.323 e. The van der Waals surface area contributed by atoms with Gasteiger partial charge in [-0.3, -0.25) is 0 Å². The minimum atomic E-state index is -3.48. The van der Waals surface area contributed by atoms with Gasteiger partial charge in [0.05, 0.1) is 11.5 Å². The summed E-state index contributed by atoms with van der Waals surface area (Å²) >= 11 is 0. The Kier molecular flexibility index (Phi) is 13.5. The van der Waals surface area contributed by atoms with Crippen LogP contribution in [0.3, 0.4) is 0 Å². The van der Waals surface area contributed by atoms with Gasteiger partial charge in [0.25, 0.3) is 10.3 Å². The largest absolute Gasteiger partial charge is 0.346 e. The Bertz CT molecular complexity index is 1140. The van der Waals surface area contributed by atoms with E-state index in [0.29, 0.717) is 39.0 Å². The average Bonchev–Trinajstić information content (AvgIpc) is 3.57. The molecule has 0 radical (unpaired) electrons. The quantitative estimate of drug-likeness (QED) is 0.365. The Morgan fingerprint density at radius 2 is 1.00 bits per heavy atom. The van der Waals surface area contributed by atoms with Crippen molar-refractivity contribution in [2.45, 2.75) is 77.5 Å². The lowest BCUT2D eigenvalue weighted by atomic mass is 10.4. The van der Waals surface area contributed by atoms with Gasteiger partial charge < -0.3 is 9.80 Å². The summed E-state index contributed by atoms with van der Waals surface area (Å²) in [6, 6.07) is -0.704. The second-order valence-electron chi connectivity index (χ2n) is 8.31. The van der Waals surface area contributed by atoms with E-state index in [1.165, 1.54) is 0 Å². The summed E-state index contributed by atoms with van der Waals surface area (Å²) in [7, 11) is -6.96. The average molecular weight is 577 g/mol. The fraction of sp³-hybridized carbons (Fsp3) is 0.727. The molecule has 0 aliphatic carbocycles. The first-order valence-corrected chi connectivity index (χ1v) is 16.1. The smallest absolute Gasteiger partial charge is 0.323 e. The summed E-state index contributed by atoms with van der Waals surface area (Å²) in [6.45, 7) is 13.5. The predicted octanol–water partition coefficient (Wildman–Crippen LogP) is 2.32. The molecule has 216 valence electrons. The number of sulfone groups is 2. The summed E-state index contributed by atoms with van der Waals surface area (Å²) in [5.74, 6) is -0.0324. The van der Waals surface area contributed by atoms with E-state index in [2.05, 4.69) is 20.2 Å². The number of hydrogen-bond donors (Lipinski definition) is 0. The normalized spacial score (nSPS) is 11.5. The first-order chi connectivity index (χ1) is 17.9. The molecule has 14 nitrogen and oxygen atoms in total. The first-order valence-electron chi connectivity index (χ1n) is 12.8. The van der Waals surface area contributed by atoms with Gasteiger partial charge in [0, 0.05) is 26.2 Å². The molecular weight excluding hydrogens is 536 g/mol. The molecule has 0 spiro atoms. The minimum absolute atomic E-state index is 0.0162. The van der Waals surface area contributed by atoms with Gasteiger partial charge in [-0.2, -0.15) is 9.36 Å². The molecule has 2 aromatic rings. The Morgan fingerprint density at radius 3 is 1.26 bits per heavy atom. The highest BCUT2D eigenvalue weighted by Gasteiger charge is 2.23. The molecule has 0 fully saturated rings. The van der Waals surface area contributed by atoms with Crippen molar-refractivity contribution in [3.8, 4) is 0 Å². The van der Waals surface area contributed by atoms with Crippen LogP contribution in [0.5, 0.6) is 0 Å². The van der Waals surface area contributed by atoms with E-state index in [1.807, 2.05) is 27.7 Å². The molecule has 0 atom stereocenters. The van der Waals surface area contributed by atoms with Gasteiger partial charge in [0.2, 0.25) is 19.7 Å². The van der Waals surface area contributed by atoms with E-state index in [1.54, 1.807) is 23.6 Å². The Labute approximate surface area is 225 Å². The lowest BCUT2D eigenvalue weighted by Crippen LogP contribution is -2.35. The highest BCUT2D eigenvalue weighted by molar-refractivity contribution is 7.91. The van der Waals surface area contributed by atoms with Crippen LogP contribution in [0.4, 0.5) is 9.59 Å². The maximum atomic E-state index is 12.1. The van der Waals surface area contributed by atoms with Crippen LogP contribution in [-0.2, 0) is 19.7 Å². The van der Waals surface area contributed by atoms with Gasteiger partial charge in [-0.25, -0.2) is 36.4 Å². The zero-order chi connectivity index (χ0) is 28.9. The summed E-state index contributed by atoms with van der Waals surface area (Å²) in [5.41, 5.74) is 0. The van der Waals surface area contributed by atoms with Crippen molar-refractivity contribution >= 4 is 31.7 Å². The fourth-order valence-corrected chi connectivity index (χ4v) is 5.57. The van der Waals surface area contributed by atoms with Crippen molar-refractivity contribution in [1.82, 2.24) is 39.3 Å². The Morgan fingerprint density at radius 1 is 0.658 bits per heavy atom. The summed E-state index contributed by atoms with van der Waals surface area (Å²) in [4.78, 5) is 34.7. The van der Waals surface area contributed by atoms with Crippen LogP contribution in [0.1, 0.15) is 67.2 Å². The van der Waals surface area contributed by atoms with Gasteiger partial charge in [0.1, 0.15) is 12.7 Å². The van der Waals surface area contributed by atoms with E-state index < -0.39 is 19.7 Å². The lowest BCUT2D eigenvalue weighted by Gasteiger charge is -2.18. The van der Waals surface area contributed by atoms with Crippen LogP contribution in [0, 0.1) is 0 Å². The topological polar surface area (TPSA) is 170 Å². The highest BCUT2D eigenvalue weighted by Crippen LogP contribution is 2.08. The van der Waals surface area contributed by atoms with E-state index in [9.17, 15) is 26.4 Å². The van der Waals surface area contributed by atoms with E-state index >= 15 is 0 Å². The SMILES string of the molecule is CCCN(CC)C(=O)n1cnc(S(=O)(=O)CCC)n1.CCCN(CC)C(=O)n1cnc(S(=O)(=O)CCC)n1.